The molecule has 3 heteroatoms. The summed E-state index contributed by atoms with van der Waals surface area (Å²) in [7, 11) is -1.16. The molecule has 0 saturated heterocycles. The highest BCUT2D eigenvalue weighted by molar-refractivity contribution is 7.85. The molecule has 0 spiro atoms. The van der Waals surface area contributed by atoms with Crippen molar-refractivity contribution in [3.8, 4) is 0 Å². The predicted octanol–water partition coefficient (Wildman–Crippen LogP) is 3.44. The third kappa shape index (κ3) is 3.87. The van der Waals surface area contributed by atoms with Gasteiger partial charge < -0.3 is 0 Å². The van der Waals surface area contributed by atoms with E-state index in [1.165, 1.54) is 0 Å². The smallest absolute Gasteiger partial charge is 0.175 e. The maximum atomic E-state index is 12.2. The lowest BCUT2D eigenvalue weighted by Crippen LogP contribution is -2.13. The van der Waals surface area contributed by atoms with Gasteiger partial charge in [-0.15, -0.1) is 0 Å². The Morgan fingerprint density at radius 1 is 1.05 bits per heavy atom. The molecule has 0 bridgehead atoms. The summed E-state index contributed by atoms with van der Waals surface area (Å²) in [6.07, 6.45) is 0. The lowest BCUT2D eigenvalue weighted by Gasteiger charge is -2.06. The van der Waals surface area contributed by atoms with E-state index in [-0.39, 0.29) is 11.5 Å². The van der Waals surface area contributed by atoms with E-state index in [4.69, 9.17) is 0 Å². The molecule has 2 aromatic rings. The summed E-state index contributed by atoms with van der Waals surface area (Å²) in [4.78, 5) is 12.2. The van der Waals surface area contributed by atoms with Gasteiger partial charge in [-0.1, -0.05) is 54.1 Å². The number of carbonyl (C=O) groups is 1. The van der Waals surface area contributed by atoms with Crippen molar-refractivity contribution in [2.24, 2.45) is 0 Å². The van der Waals surface area contributed by atoms with E-state index in [0.29, 0.717) is 11.3 Å². The third-order valence-corrected chi connectivity index (χ3v) is 4.38. The fourth-order valence-electron chi connectivity index (χ4n) is 2.16. The van der Waals surface area contributed by atoms with Gasteiger partial charge in [0.1, 0.15) is 0 Å². The van der Waals surface area contributed by atoms with Gasteiger partial charge in [-0.25, -0.2) is 0 Å². The molecule has 1 unspecified atom stereocenters. The second-order valence-corrected chi connectivity index (χ2v) is 6.41. The zero-order valence-corrected chi connectivity index (χ0v) is 12.6. The van der Waals surface area contributed by atoms with Gasteiger partial charge in [-0.3, -0.25) is 9.00 Å². The number of rotatable bonds is 5. The van der Waals surface area contributed by atoms with Crippen molar-refractivity contribution < 1.29 is 9.00 Å². The van der Waals surface area contributed by atoms with E-state index in [1.54, 1.807) is 0 Å². The molecule has 0 aliphatic heterocycles. The first-order valence-corrected chi connectivity index (χ1v) is 8.04. The Morgan fingerprint density at radius 2 is 1.75 bits per heavy atom. The van der Waals surface area contributed by atoms with Crippen LogP contribution in [0.4, 0.5) is 0 Å². The van der Waals surface area contributed by atoms with Gasteiger partial charge in [0, 0.05) is 22.1 Å². The Morgan fingerprint density at radius 3 is 2.40 bits per heavy atom. The van der Waals surface area contributed by atoms with Crippen LogP contribution in [0.5, 0.6) is 0 Å². The number of Topliss-reactive ketones (excluding diaryl/α,β-unsaturated/α-hetero) is 1. The Kier molecular flexibility index (Phi) is 4.85. The molecule has 1 atom stereocenters. The summed E-state index contributed by atoms with van der Waals surface area (Å²) in [6.45, 7) is 3.91. The van der Waals surface area contributed by atoms with E-state index in [2.05, 4.69) is 0 Å². The first-order chi connectivity index (χ1) is 9.56. The quantitative estimate of drug-likeness (QED) is 0.789. The largest absolute Gasteiger partial charge is 0.293 e. The summed E-state index contributed by atoms with van der Waals surface area (Å²) < 4.78 is 12.1. The Labute approximate surface area is 122 Å². The van der Waals surface area contributed by atoms with Crippen molar-refractivity contribution >= 4 is 16.6 Å². The molecular formula is C17H18O2S. The minimum atomic E-state index is -1.16. The highest BCUT2D eigenvalue weighted by Gasteiger charge is 2.13. The Bertz CT molecular complexity index is 633. The molecule has 0 radical (unpaired) electrons. The number of hydrogen-bond donors (Lipinski definition) is 0. The van der Waals surface area contributed by atoms with Crippen LogP contribution < -0.4 is 0 Å². The highest BCUT2D eigenvalue weighted by atomic mass is 32.2. The van der Waals surface area contributed by atoms with Crippen molar-refractivity contribution in [1.29, 1.82) is 0 Å². The molecule has 20 heavy (non-hydrogen) atoms. The second kappa shape index (κ2) is 6.62. The SMILES string of the molecule is Cc1ccc(C(=O)CS(=O)Cc2ccccc2)c(C)c1. The number of ketones is 1. The van der Waals surface area contributed by atoms with Crippen LogP contribution in [0.15, 0.2) is 48.5 Å². The number of carbonyl (C=O) groups excluding carboxylic acids is 1. The van der Waals surface area contributed by atoms with Crippen molar-refractivity contribution in [3.63, 3.8) is 0 Å². The van der Waals surface area contributed by atoms with E-state index in [0.717, 1.165) is 16.7 Å². The van der Waals surface area contributed by atoms with E-state index >= 15 is 0 Å². The molecule has 0 saturated carbocycles. The second-order valence-electron chi connectivity index (χ2n) is 4.96. The standard InChI is InChI=1S/C17H18O2S/c1-13-8-9-16(14(2)10-13)17(18)12-20(19)11-15-6-4-3-5-7-15/h3-10H,11-12H2,1-2H3. The van der Waals surface area contributed by atoms with E-state index in [9.17, 15) is 9.00 Å². The fraction of sp³-hybridized carbons (Fsp3) is 0.235. The molecule has 0 aliphatic carbocycles. The molecule has 0 aliphatic rings. The summed E-state index contributed by atoms with van der Waals surface area (Å²) in [5.41, 5.74) is 3.76. The number of hydrogen-bond acceptors (Lipinski definition) is 2. The maximum absolute atomic E-state index is 12.2. The summed E-state index contributed by atoms with van der Waals surface area (Å²) >= 11 is 0. The molecule has 0 amide bonds. The van der Waals surface area contributed by atoms with E-state index in [1.807, 2.05) is 62.4 Å². The van der Waals surface area contributed by atoms with Crippen LogP contribution in [0.1, 0.15) is 27.0 Å². The first kappa shape index (κ1) is 14.7. The highest BCUT2D eigenvalue weighted by Crippen LogP contribution is 2.12. The van der Waals surface area contributed by atoms with Crippen molar-refractivity contribution in [3.05, 3.63) is 70.8 Å². The number of aryl methyl sites for hydroxylation is 2. The predicted molar refractivity (Wildman–Crippen MR) is 83.4 cm³/mol. The molecular weight excluding hydrogens is 268 g/mol. The average Bonchev–Trinajstić information content (AvgIpc) is 2.39. The lowest BCUT2D eigenvalue weighted by molar-refractivity contribution is 0.102. The van der Waals surface area contributed by atoms with Crippen LogP contribution in [0.2, 0.25) is 0 Å². The molecule has 0 N–H and O–H groups in total. The fourth-order valence-corrected chi connectivity index (χ4v) is 3.28. The van der Waals surface area contributed by atoms with Crippen molar-refractivity contribution in [2.75, 3.05) is 5.75 Å². The van der Waals surface area contributed by atoms with Gasteiger partial charge in [0.25, 0.3) is 0 Å². The molecule has 2 rings (SSSR count). The topological polar surface area (TPSA) is 34.1 Å². The number of benzene rings is 2. The van der Waals surface area contributed by atoms with Crippen molar-refractivity contribution in [2.45, 2.75) is 19.6 Å². The Balaban J connectivity index is 2.02. The van der Waals surface area contributed by atoms with Crippen LogP contribution in [-0.2, 0) is 16.6 Å². The van der Waals surface area contributed by atoms with Gasteiger partial charge in [0.2, 0.25) is 0 Å². The molecule has 104 valence electrons. The van der Waals surface area contributed by atoms with Gasteiger partial charge >= 0.3 is 0 Å². The van der Waals surface area contributed by atoms with Crippen LogP contribution in [-0.4, -0.2) is 15.7 Å². The zero-order chi connectivity index (χ0) is 14.5. The minimum Gasteiger partial charge on any atom is -0.293 e. The molecule has 0 heterocycles. The monoisotopic (exact) mass is 286 g/mol. The zero-order valence-electron chi connectivity index (χ0n) is 11.8. The van der Waals surface area contributed by atoms with Crippen LogP contribution in [0.25, 0.3) is 0 Å². The van der Waals surface area contributed by atoms with Gasteiger partial charge in [-0.2, -0.15) is 0 Å². The van der Waals surface area contributed by atoms with Crippen molar-refractivity contribution in [1.82, 2.24) is 0 Å². The van der Waals surface area contributed by atoms with Crippen LogP contribution in [0, 0.1) is 13.8 Å². The average molecular weight is 286 g/mol. The molecule has 2 aromatic carbocycles. The lowest BCUT2D eigenvalue weighted by atomic mass is 10.0. The maximum Gasteiger partial charge on any atom is 0.175 e. The summed E-state index contributed by atoms with van der Waals surface area (Å²) in [5.74, 6) is 0.466. The first-order valence-electron chi connectivity index (χ1n) is 6.55. The third-order valence-electron chi connectivity index (χ3n) is 3.14. The van der Waals surface area contributed by atoms with E-state index < -0.39 is 10.8 Å². The van der Waals surface area contributed by atoms with Crippen LogP contribution in [0.3, 0.4) is 0 Å². The van der Waals surface area contributed by atoms with Gasteiger partial charge in [-0.05, 0) is 25.0 Å². The normalized spacial score (nSPS) is 12.1. The molecule has 2 nitrogen and oxygen atoms in total. The molecule has 0 aromatic heterocycles. The summed E-state index contributed by atoms with van der Waals surface area (Å²) in [5, 5.41) is 0. The molecule has 0 fully saturated rings. The van der Waals surface area contributed by atoms with Crippen LogP contribution >= 0.6 is 0 Å². The Hall–Kier alpha value is -1.74. The van der Waals surface area contributed by atoms with Gasteiger partial charge in [0.05, 0.1) is 5.75 Å². The van der Waals surface area contributed by atoms with Gasteiger partial charge in [0.15, 0.2) is 5.78 Å². The summed E-state index contributed by atoms with van der Waals surface area (Å²) in [6, 6.07) is 15.3. The minimum absolute atomic E-state index is 0.0447.